The second-order valence-electron chi connectivity index (χ2n) is 5.71. The summed E-state index contributed by atoms with van der Waals surface area (Å²) in [6.07, 6.45) is 4.46. The summed E-state index contributed by atoms with van der Waals surface area (Å²) in [6, 6.07) is 10.4. The third-order valence-corrected chi connectivity index (χ3v) is 4.16. The maximum absolute atomic E-state index is 12.8. The first-order valence-electron chi connectivity index (χ1n) is 7.92. The van der Waals surface area contributed by atoms with E-state index in [0.29, 0.717) is 22.0 Å². The summed E-state index contributed by atoms with van der Waals surface area (Å²) < 4.78 is 3.09. The maximum atomic E-state index is 12.8. The normalized spacial score (nSPS) is 10.7. The van der Waals surface area contributed by atoms with E-state index in [0.717, 1.165) is 11.3 Å². The maximum Gasteiger partial charge on any atom is 0.255 e. The van der Waals surface area contributed by atoms with Crippen molar-refractivity contribution in [3.05, 3.63) is 71.5 Å². The molecular formula is C17H13ClN8O. The predicted octanol–water partition coefficient (Wildman–Crippen LogP) is 2.46. The van der Waals surface area contributed by atoms with E-state index in [9.17, 15) is 4.79 Å². The number of amides is 1. The van der Waals surface area contributed by atoms with Crippen LogP contribution in [0, 0.1) is 6.92 Å². The fourth-order valence-electron chi connectivity index (χ4n) is 2.66. The van der Waals surface area contributed by atoms with Crippen LogP contribution in [0.1, 0.15) is 15.9 Å². The number of anilines is 1. The molecule has 0 fully saturated rings. The Morgan fingerprint density at radius 3 is 2.63 bits per heavy atom. The van der Waals surface area contributed by atoms with Gasteiger partial charge in [-0.05, 0) is 59.3 Å². The van der Waals surface area contributed by atoms with Gasteiger partial charge in [0.2, 0.25) is 0 Å². The lowest BCUT2D eigenvalue weighted by molar-refractivity contribution is 0.102. The number of tetrazole rings is 1. The lowest BCUT2D eigenvalue weighted by Gasteiger charge is -2.12. The highest BCUT2D eigenvalue weighted by atomic mass is 35.5. The molecule has 2 heterocycles. The van der Waals surface area contributed by atoms with Crippen molar-refractivity contribution in [2.75, 3.05) is 5.32 Å². The fraction of sp³-hybridized carbons (Fsp3) is 0.0588. The summed E-state index contributed by atoms with van der Waals surface area (Å²) in [5.74, 6) is -0.273. The van der Waals surface area contributed by atoms with Crippen molar-refractivity contribution in [3.8, 4) is 11.4 Å². The number of carbonyl (C=O) groups is 1. The van der Waals surface area contributed by atoms with Crippen LogP contribution >= 0.6 is 11.6 Å². The summed E-state index contributed by atoms with van der Waals surface area (Å²) in [5, 5.41) is 18.6. The summed E-state index contributed by atoms with van der Waals surface area (Å²) in [4.78, 5) is 16.7. The van der Waals surface area contributed by atoms with Crippen molar-refractivity contribution in [1.29, 1.82) is 0 Å². The average Bonchev–Trinajstić information content (AvgIpc) is 3.36. The molecule has 0 atom stereocenters. The van der Waals surface area contributed by atoms with Gasteiger partial charge in [-0.15, -0.1) is 5.10 Å². The molecule has 134 valence electrons. The molecule has 2 aromatic heterocycles. The topological polar surface area (TPSA) is 103 Å². The van der Waals surface area contributed by atoms with E-state index >= 15 is 0 Å². The molecule has 2 aromatic carbocycles. The van der Waals surface area contributed by atoms with Gasteiger partial charge in [-0.25, -0.2) is 14.3 Å². The van der Waals surface area contributed by atoms with Gasteiger partial charge in [-0.1, -0.05) is 11.6 Å². The van der Waals surface area contributed by atoms with E-state index in [-0.39, 0.29) is 5.91 Å². The first-order chi connectivity index (χ1) is 13.1. The summed E-state index contributed by atoms with van der Waals surface area (Å²) in [6.45, 7) is 1.88. The van der Waals surface area contributed by atoms with Gasteiger partial charge in [0.15, 0.2) is 0 Å². The van der Waals surface area contributed by atoms with Gasteiger partial charge < -0.3 is 5.32 Å². The Hall–Kier alpha value is -3.59. The van der Waals surface area contributed by atoms with Gasteiger partial charge >= 0.3 is 0 Å². The van der Waals surface area contributed by atoms with Crippen LogP contribution < -0.4 is 5.32 Å². The summed E-state index contributed by atoms with van der Waals surface area (Å²) in [7, 11) is 0. The van der Waals surface area contributed by atoms with Crippen molar-refractivity contribution in [2.24, 2.45) is 0 Å². The minimum atomic E-state index is -0.273. The number of aromatic nitrogens is 7. The second-order valence-corrected chi connectivity index (χ2v) is 6.15. The number of hydrogen-bond donors (Lipinski definition) is 1. The third kappa shape index (κ3) is 3.40. The van der Waals surface area contributed by atoms with Gasteiger partial charge in [-0.3, -0.25) is 4.79 Å². The minimum Gasteiger partial charge on any atom is -0.320 e. The Bertz CT molecular complexity index is 1090. The molecule has 0 aliphatic rings. The molecule has 27 heavy (non-hydrogen) atoms. The lowest BCUT2D eigenvalue weighted by Crippen LogP contribution is -2.14. The van der Waals surface area contributed by atoms with E-state index in [1.54, 1.807) is 47.4 Å². The Morgan fingerprint density at radius 1 is 1.07 bits per heavy atom. The van der Waals surface area contributed by atoms with E-state index in [1.165, 1.54) is 17.3 Å². The first-order valence-corrected chi connectivity index (χ1v) is 8.29. The number of hydrogen-bond acceptors (Lipinski definition) is 6. The monoisotopic (exact) mass is 380 g/mol. The van der Waals surface area contributed by atoms with Crippen LogP contribution in [0.4, 0.5) is 5.69 Å². The zero-order chi connectivity index (χ0) is 18.8. The molecule has 10 heteroatoms. The van der Waals surface area contributed by atoms with Crippen molar-refractivity contribution in [2.45, 2.75) is 6.92 Å². The fourth-order valence-corrected chi connectivity index (χ4v) is 2.83. The van der Waals surface area contributed by atoms with Crippen LogP contribution in [-0.4, -0.2) is 40.9 Å². The molecule has 4 aromatic rings. The van der Waals surface area contributed by atoms with Crippen LogP contribution in [0.15, 0.2) is 55.4 Å². The smallest absolute Gasteiger partial charge is 0.255 e. The number of rotatable bonds is 4. The Balaban J connectivity index is 1.63. The molecule has 0 unspecified atom stereocenters. The van der Waals surface area contributed by atoms with Crippen LogP contribution in [0.5, 0.6) is 0 Å². The van der Waals surface area contributed by atoms with Gasteiger partial charge in [0.1, 0.15) is 19.0 Å². The van der Waals surface area contributed by atoms with Gasteiger partial charge in [0, 0.05) is 10.6 Å². The summed E-state index contributed by atoms with van der Waals surface area (Å²) >= 11 is 6.09. The number of carbonyl (C=O) groups excluding carboxylic acids is 1. The van der Waals surface area contributed by atoms with E-state index in [1.807, 2.05) is 6.92 Å². The standard InChI is InChI=1S/C17H13ClN8O/c1-11-6-12(2-4-15(11)26-10-20-23-24-26)17(27)22-14-7-13(18)3-5-16(14)25-9-19-8-21-25/h2-10H,1H3,(H,22,27). The first kappa shape index (κ1) is 16.9. The number of nitrogens with zero attached hydrogens (tertiary/aromatic N) is 7. The molecule has 0 aliphatic carbocycles. The molecule has 0 saturated heterocycles. The van der Waals surface area contributed by atoms with Gasteiger partial charge in [0.05, 0.1) is 17.1 Å². The highest BCUT2D eigenvalue weighted by Gasteiger charge is 2.13. The zero-order valence-electron chi connectivity index (χ0n) is 14.1. The molecule has 0 radical (unpaired) electrons. The largest absolute Gasteiger partial charge is 0.320 e. The molecular weight excluding hydrogens is 368 g/mol. The number of halogens is 1. The molecule has 0 bridgehead atoms. The molecule has 9 nitrogen and oxygen atoms in total. The van der Waals surface area contributed by atoms with Crippen LogP contribution in [0.3, 0.4) is 0 Å². The zero-order valence-corrected chi connectivity index (χ0v) is 14.9. The van der Waals surface area contributed by atoms with E-state index in [2.05, 4.69) is 30.9 Å². The Morgan fingerprint density at radius 2 is 1.93 bits per heavy atom. The third-order valence-electron chi connectivity index (χ3n) is 3.93. The molecule has 0 aliphatic heterocycles. The van der Waals surface area contributed by atoms with Crippen molar-refractivity contribution in [1.82, 2.24) is 35.0 Å². The minimum absolute atomic E-state index is 0.273. The van der Waals surface area contributed by atoms with Gasteiger partial charge in [-0.2, -0.15) is 5.10 Å². The van der Waals surface area contributed by atoms with Crippen LogP contribution in [0.25, 0.3) is 11.4 Å². The Labute approximate surface area is 158 Å². The molecule has 4 rings (SSSR count). The summed E-state index contributed by atoms with van der Waals surface area (Å²) in [5.41, 5.74) is 3.33. The highest BCUT2D eigenvalue weighted by Crippen LogP contribution is 2.25. The average molecular weight is 381 g/mol. The molecule has 0 spiro atoms. The highest BCUT2D eigenvalue weighted by molar-refractivity contribution is 6.31. The number of aryl methyl sites for hydroxylation is 1. The Kier molecular flexibility index (Phi) is 4.35. The van der Waals surface area contributed by atoms with E-state index in [4.69, 9.17) is 11.6 Å². The molecule has 1 N–H and O–H groups in total. The van der Waals surface area contributed by atoms with Crippen LogP contribution in [0.2, 0.25) is 5.02 Å². The van der Waals surface area contributed by atoms with Crippen molar-refractivity contribution in [3.63, 3.8) is 0 Å². The SMILES string of the molecule is Cc1cc(C(=O)Nc2cc(Cl)ccc2-n2cncn2)ccc1-n1cnnn1. The van der Waals surface area contributed by atoms with E-state index < -0.39 is 0 Å². The molecule has 1 amide bonds. The van der Waals surface area contributed by atoms with Gasteiger partial charge in [0.25, 0.3) is 5.91 Å². The van der Waals surface area contributed by atoms with Crippen molar-refractivity contribution >= 4 is 23.2 Å². The van der Waals surface area contributed by atoms with Crippen molar-refractivity contribution < 1.29 is 4.79 Å². The lowest BCUT2D eigenvalue weighted by atomic mass is 10.1. The second kappa shape index (κ2) is 6.96. The number of benzene rings is 2. The molecule has 0 saturated carbocycles. The number of nitrogens with one attached hydrogen (secondary N) is 1. The quantitative estimate of drug-likeness (QED) is 0.583. The van der Waals surface area contributed by atoms with Crippen LogP contribution in [-0.2, 0) is 0 Å². The predicted molar refractivity (Wildman–Crippen MR) is 98.2 cm³/mol.